The van der Waals surface area contributed by atoms with Crippen molar-refractivity contribution in [2.75, 3.05) is 6.61 Å². The molecule has 1 aromatic carbocycles. The lowest BCUT2D eigenvalue weighted by Gasteiger charge is -2.01. The lowest BCUT2D eigenvalue weighted by atomic mass is 10.1. The molecule has 0 saturated carbocycles. The van der Waals surface area contributed by atoms with Crippen LogP contribution in [0, 0.1) is 12.7 Å². The molecule has 2 aromatic heterocycles. The van der Waals surface area contributed by atoms with Gasteiger partial charge < -0.3 is 19.0 Å². The zero-order valence-corrected chi connectivity index (χ0v) is 13.5. The summed E-state index contributed by atoms with van der Waals surface area (Å²) in [5.41, 5.74) is 0.658. The fraction of sp³-hybridized carbons (Fsp3) is 0.353. The number of ether oxygens (including phenoxy) is 1. The first-order valence-electron chi connectivity index (χ1n) is 8.03. The number of furan rings is 1. The minimum atomic E-state index is -0.501. The number of aryl methyl sites for hydroxylation is 1. The first-order valence-corrected chi connectivity index (χ1v) is 8.03. The van der Waals surface area contributed by atoms with Gasteiger partial charge in [0.25, 0.3) is 11.8 Å². The van der Waals surface area contributed by atoms with Gasteiger partial charge in [0.15, 0.2) is 23.0 Å². The topological polar surface area (TPSA) is 90.4 Å². The van der Waals surface area contributed by atoms with Gasteiger partial charge >= 0.3 is 0 Å². The second-order valence-electron chi connectivity index (χ2n) is 5.91. The van der Waals surface area contributed by atoms with E-state index in [2.05, 4.69) is 15.5 Å². The maximum Gasteiger partial charge on any atom is 0.287 e. The number of carbonyl (C=O) groups is 1. The van der Waals surface area contributed by atoms with Gasteiger partial charge in [0.05, 0.1) is 6.54 Å². The van der Waals surface area contributed by atoms with Crippen molar-refractivity contribution in [1.82, 2.24) is 15.5 Å². The number of rotatable bonds is 4. The molecular weight excluding hydrogens is 329 g/mol. The van der Waals surface area contributed by atoms with Gasteiger partial charge in [0.2, 0.25) is 0 Å². The quantitative estimate of drug-likeness (QED) is 0.781. The lowest BCUT2D eigenvalue weighted by Crippen LogP contribution is -2.23. The van der Waals surface area contributed by atoms with Crippen molar-refractivity contribution in [2.45, 2.75) is 32.4 Å². The molecule has 0 aliphatic carbocycles. The van der Waals surface area contributed by atoms with Crippen molar-refractivity contribution in [2.24, 2.45) is 0 Å². The number of nitrogens with one attached hydrogen (secondary N) is 1. The summed E-state index contributed by atoms with van der Waals surface area (Å²) in [6.07, 6.45) is 1.64. The van der Waals surface area contributed by atoms with Crippen molar-refractivity contribution in [3.05, 3.63) is 47.1 Å². The molecule has 130 valence electrons. The summed E-state index contributed by atoms with van der Waals surface area (Å²) in [6, 6.07) is 4.58. The van der Waals surface area contributed by atoms with Crippen LogP contribution in [0.1, 0.15) is 46.8 Å². The lowest BCUT2D eigenvalue weighted by molar-refractivity contribution is 0.0835. The van der Waals surface area contributed by atoms with Crippen molar-refractivity contribution in [3.63, 3.8) is 0 Å². The van der Waals surface area contributed by atoms with Crippen molar-refractivity contribution in [1.29, 1.82) is 0 Å². The summed E-state index contributed by atoms with van der Waals surface area (Å²) in [4.78, 5) is 16.6. The number of amides is 1. The van der Waals surface area contributed by atoms with Crippen LogP contribution in [0.25, 0.3) is 11.0 Å². The fourth-order valence-electron chi connectivity index (χ4n) is 2.91. The molecule has 1 aliphatic heterocycles. The highest BCUT2D eigenvalue weighted by Crippen LogP contribution is 2.28. The average Bonchev–Trinajstić information content (AvgIpc) is 3.33. The molecule has 0 radical (unpaired) electrons. The zero-order chi connectivity index (χ0) is 17.4. The molecule has 7 nitrogen and oxygen atoms in total. The normalized spacial score (nSPS) is 17.3. The number of para-hydroxylation sites is 1. The summed E-state index contributed by atoms with van der Waals surface area (Å²) < 4.78 is 29.8. The summed E-state index contributed by atoms with van der Waals surface area (Å²) in [7, 11) is 0. The molecule has 1 saturated heterocycles. The first kappa shape index (κ1) is 15.8. The molecule has 3 aromatic rings. The van der Waals surface area contributed by atoms with E-state index in [-0.39, 0.29) is 24.0 Å². The van der Waals surface area contributed by atoms with Gasteiger partial charge in [-0.3, -0.25) is 4.79 Å². The van der Waals surface area contributed by atoms with E-state index in [0.29, 0.717) is 29.3 Å². The van der Waals surface area contributed by atoms with Crippen LogP contribution in [0.3, 0.4) is 0 Å². The number of carbonyl (C=O) groups excluding carboxylic acids is 1. The number of hydrogen-bond acceptors (Lipinski definition) is 6. The van der Waals surface area contributed by atoms with Crippen LogP contribution < -0.4 is 5.32 Å². The largest absolute Gasteiger partial charge is 0.448 e. The zero-order valence-electron chi connectivity index (χ0n) is 13.5. The minimum absolute atomic E-state index is 0.0722. The second-order valence-corrected chi connectivity index (χ2v) is 5.91. The maximum atomic E-state index is 13.8. The Morgan fingerprint density at radius 1 is 1.44 bits per heavy atom. The Bertz CT molecular complexity index is 927. The van der Waals surface area contributed by atoms with E-state index in [1.165, 1.54) is 6.07 Å². The van der Waals surface area contributed by atoms with Crippen LogP contribution in [0.2, 0.25) is 0 Å². The van der Waals surface area contributed by atoms with Crippen molar-refractivity contribution < 1.29 is 22.9 Å². The molecule has 0 spiro atoms. The number of nitrogens with zero attached hydrogens (tertiary/aromatic N) is 2. The third-order valence-electron chi connectivity index (χ3n) is 4.22. The third kappa shape index (κ3) is 2.89. The Balaban J connectivity index is 1.47. The Morgan fingerprint density at radius 2 is 2.32 bits per heavy atom. The van der Waals surface area contributed by atoms with E-state index in [1.807, 2.05) is 0 Å². The van der Waals surface area contributed by atoms with Gasteiger partial charge in [-0.2, -0.15) is 4.98 Å². The Hall–Kier alpha value is -2.74. The number of benzene rings is 1. The highest BCUT2D eigenvalue weighted by molar-refractivity contribution is 5.98. The molecule has 1 N–H and O–H groups in total. The molecular formula is C17H16FN3O4. The third-order valence-corrected chi connectivity index (χ3v) is 4.22. The van der Waals surface area contributed by atoms with Crippen molar-refractivity contribution >= 4 is 16.9 Å². The van der Waals surface area contributed by atoms with Gasteiger partial charge in [-0.25, -0.2) is 4.39 Å². The molecule has 4 rings (SSSR count). The minimum Gasteiger partial charge on any atom is -0.448 e. The van der Waals surface area contributed by atoms with Crippen molar-refractivity contribution in [3.8, 4) is 0 Å². The van der Waals surface area contributed by atoms with Gasteiger partial charge in [-0.05, 0) is 25.8 Å². The van der Waals surface area contributed by atoms with Crippen LogP contribution in [0.15, 0.2) is 27.1 Å². The van der Waals surface area contributed by atoms with E-state index in [1.54, 1.807) is 19.1 Å². The predicted molar refractivity (Wildman–Crippen MR) is 84.3 cm³/mol. The standard InChI is InChI=1S/C17H16FN3O4/c1-9-10-4-2-5-11(18)15(10)24-14(9)16(22)19-8-13-20-17(25-21-13)12-6-3-7-23-12/h2,4-5,12H,3,6-8H2,1H3,(H,19,22)/t12-/m0/s1. The second kappa shape index (κ2) is 6.29. The molecule has 1 fully saturated rings. The summed E-state index contributed by atoms with van der Waals surface area (Å²) in [5.74, 6) is -0.124. The molecule has 0 unspecified atom stereocenters. The highest BCUT2D eigenvalue weighted by atomic mass is 19.1. The van der Waals surface area contributed by atoms with Crippen LogP contribution >= 0.6 is 0 Å². The van der Waals surface area contributed by atoms with Crippen LogP contribution in [0.4, 0.5) is 4.39 Å². The number of hydrogen-bond donors (Lipinski definition) is 1. The smallest absolute Gasteiger partial charge is 0.287 e. The van der Waals surface area contributed by atoms with Crippen LogP contribution in [-0.4, -0.2) is 22.7 Å². The number of fused-ring (bicyclic) bond motifs is 1. The summed E-state index contributed by atoms with van der Waals surface area (Å²) in [5, 5.41) is 7.07. The van der Waals surface area contributed by atoms with Gasteiger partial charge in [0.1, 0.15) is 6.10 Å². The molecule has 8 heteroatoms. The summed E-state index contributed by atoms with van der Waals surface area (Å²) in [6.45, 7) is 2.47. The molecule has 25 heavy (non-hydrogen) atoms. The van der Waals surface area contributed by atoms with E-state index >= 15 is 0 Å². The molecule has 3 heterocycles. The van der Waals surface area contributed by atoms with Crippen LogP contribution in [0.5, 0.6) is 0 Å². The predicted octanol–water partition coefficient (Wildman–Crippen LogP) is 3.04. The summed E-state index contributed by atoms with van der Waals surface area (Å²) >= 11 is 0. The van der Waals surface area contributed by atoms with Gasteiger partial charge in [0, 0.05) is 17.6 Å². The van der Waals surface area contributed by atoms with E-state index < -0.39 is 11.7 Å². The van der Waals surface area contributed by atoms with E-state index in [0.717, 1.165) is 12.8 Å². The molecule has 0 bridgehead atoms. The Labute approximate surface area is 142 Å². The number of halogens is 1. The van der Waals surface area contributed by atoms with Gasteiger partial charge in [-0.1, -0.05) is 17.3 Å². The monoisotopic (exact) mass is 345 g/mol. The fourth-order valence-corrected chi connectivity index (χ4v) is 2.91. The SMILES string of the molecule is Cc1c(C(=O)NCc2noc([C@@H]3CCCO3)n2)oc2c(F)cccc12. The highest BCUT2D eigenvalue weighted by Gasteiger charge is 2.24. The molecule has 1 atom stereocenters. The van der Waals surface area contributed by atoms with Gasteiger partial charge in [-0.15, -0.1) is 0 Å². The van der Waals surface area contributed by atoms with E-state index in [9.17, 15) is 9.18 Å². The molecule has 1 aliphatic rings. The average molecular weight is 345 g/mol. The van der Waals surface area contributed by atoms with Crippen LogP contribution in [-0.2, 0) is 11.3 Å². The number of aromatic nitrogens is 2. The Morgan fingerprint density at radius 3 is 3.08 bits per heavy atom. The molecule has 1 amide bonds. The van der Waals surface area contributed by atoms with E-state index in [4.69, 9.17) is 13.7 Å². The maximum absolute atomic E-state index is 13.8. The Kier molecular flexibility index (Phi) is 3.96. The first-order chi connectivity index (χ1) is 12.1.